The Morgan fingerprint density at radius 1 is 0.958 bits per heavy atom. The van der Waals surface area contributed by atoms with Gasteiger partial charge in [-0.25, -0.2) is 0 Å². The van der Waals surface area contributed by atoms with Gasteiger partial charge in [-0.3, -0.25) is 9.59 Å². The van der Waals surface area contributed by atoms with Crippen molar-refractivity contribution in [2.45, 2.75) is 13.8 Å². The predicted octanol–water partition coefficient (Wildman–Crippen LogP) is 3.32. The molecule has 0 spiro atoms. The van der Waals surface area contributed by atoms with Crippen LogP contribution in [0, 0.1) is 13.8 Å². The van der Waals surface area contributed by atoms with Crippen LogP contribution in [-0.4, -0.2) is 28.4 Å². The number of anilines is 2. The Bertz CT molecular complexity index is 747. The molecule has 0 fully saturated rings. The fourth-order valence-electron chi connectivity index (χ4n) is 2.09. The van der Waals surface area contributed by atoms with E-state index in [1.807, 2.05) is 38.1 Å². The van der Waals surface area contributed by atoms with E-state index in [4.69, 9.17) is 0 Å². The number of phenols is 1. The van der Waals surface area contributed by atoms with Gasteiger partial charge in [0.05, 0.1) is 17.2 Å². The number of hydrogen-bond acceptors (Lipinski definition) is 4. The smallest absolute Gasteiger partial charge is 0.234 e. The Labute approximate surface area is 145 Å². The summed E-state index contributed by atoms with van der Waals surface area (Å²) in [4.78, 5) is 23.7. The van der Waals surface area contributed by atoms with Crippen LogP contribution in [0.1, 0.15) is 11.1 Å². The monoisotopic (exact) mass is 344 g/mol. The fraction of sp³-hybridized carbons (Fsp3) is 0.222. The number of aryl methyl sites for hydroxylation is 2. The molecule has 0 heterocycles. The minimum atomic E-state index is -0.262. The second-order valence-corrected chi connectivity index (χ2v) is 6.46. The average Bonchev–Trinajstić information content (AvgIpc) is 2.50. The lowest BCUT2D eigenvalue weighted by Gasteiger charge is -2.08. The van der Waals surface area contributed by atoms with Gasteiger partial charge in [-0.05, 0) is 49.2 Å². The summed E-state index contributed by atoms with van der Waals surface area (Å²) in [5.74, 6) is -0.0693. The molecule has 0 bridgehead atoms. The van der Waals surface area contributed by atoms with Gasteiger partial charge in [0.2, 0.25) is 11.8 Å². The second-order valence-electron chi connectivity index (χ2n) is 5.48. The average molecular weight is 344 g/mol. The molecule has 6 heteroatoms. The first kappa shape index (κ1) is 17.9. The van der Waals surface area contributed by atoms with Gasteiger partial charge in [0.1, 0.15) is 5.75 Å². The highest BCUT2D eigenvalue weighted by Crippen LogP contribution is 2.24. The zero-order valence-corrected chi connectivity index (χ0v) is 14.4. The first-order chi connectivity index (χ1) is 11.4. The van der Waals surface area contributed by atoms with E-state index in [0.717, 1.165) is 16.8 Å². The topological polar surface area (TPSA) is 78.4 Å². The summed E-state index contributed by atoms with van der Waals surface area (Å²) in [6.07, 6.45) is 0. The first-order valence-electron chi connectivity index (χ1n) is 7.48. The molecule has 2 rings (SSSR count). The molecule has 2 aromatic rings. The van der Waals surface area contributed by atoms with Crippen molar-refractivity contribution >= 4 is 35.0 Å². The van der Waals surface area contributed by atoms with Crippen LogP contribution in [0.3, 0.4) is 0 Å². The van der Waals surface area contributed by atoms with Crippen LogP contribution < -0.4 is 10.6 Å². The molecule has 2 aromatic carbocycles. The Kier molecular flexibility index (Phi) is 6.26. The minimum Gasteiger partial charge on any atom is -0.506 e. The molecular formula is C18H20N2O3S. The van der Waals surface area contributed by atoms with E-state index in [-0.39, 0.29) is 29.1 Å². The van der Waals surface area contributed by atoms with Crippen molar-refractivity contribution in [3.8, 4) is 5.75 Å². The van der Waals surface area contributed by atoms with Gasteiger partial charge in [0, 0.05) is 5.69 Å². The van der Waals surface area contributed by atoms with E-state index in [2.05, 4.69) is 10.6 Å². The molecule has 0 saturated carbocycles. The van der Waals surface area contributed by atoms with Gasteiger partial charge in [0.25, 0.3) is 0 Å². The number of carbonyl (C=O) groups is 2. The second kappa shape index (κ2) is 8.40. The normalized spacial score (nSPS) is 10.2. The molecule has 0 unspecified atom stereocenters. The Morgan fingerprint density at radius 3 is 2.29 bits per heavy atom. The number of amides is 2. The molecule has 0 aliphatic heterocycles. The number of nitrogens with one attached hydrogen (secondary N) is 2. The minimum absolute atomic E-state index is 0.0329. The molecule has 0 radical (unpaired) electrons. The molecule has 0 aliphatic rings. The summed E-state index contributed by atoms with van der Waals surface area (Å²) >= 11 is 1.22. The SMILES string of the molecule is Cc1cccc(NC(=O)CSCC(=O)Nc2ccc(C)cc2O)c1. The lowest BCUT2D eigenvalue weighted by molar-refractivity contribution is -0.114. The molecule has 0 saturated heterocycles. The van der Waals surface area contributed by atoms with E-state index in [1.165, 1.54) is 11.8 Å². The Balaban J connectivity index is 1.75. The summed E-state index contributed by atoms with van der Waals surface area (Å²) in [6.45, 7) is 3.81. The summed E-state index contributed by atoms with van der Waals surface area (Å²) in [6, 6.07) is 12.6. The quantitative estimate of drug-likeness (QED) is 0.703. The van der Waals surface area contributed by atoms with E-state index in [1.54, 1.807) is 18.2 Å². The van der Waals surface area contributed by atoms with Gasteiger partial charge in [-0.2, -0.15) is 0 Å². The van der Waals surface area contributed by atoms with Crippen LogP contribution in [0.2, 0.25) is 0 Å². The highest BCUT2D eigenvalue weighted by molar-refractivity contribution is 8.00. The van der Waals surface area contributed by atoms with Crippen molar-refractivity contribution in [1.29, 1.82) is 0 Å². The van der Waals surface area contributed by atoms with Gasteiger partial charge < -0.3 is 15.7 Å². The maximum absolute atomic E-state index is 11.9. The fourth-order valence-corrected chi connectivity index (χ4v) is 2.71. The van der Waals surface area contributed by atoms with Gasteiger partial charge in [-0.1, -0.05) is 18.2 Å². The third-order valence-electron chi connectivity index (χ3n) is 3.20. The third-order valence-corrected chi connectivity index (χ3v) is 4.13. The van der Waals surface area contributed by atoms with E-state index in [0.29, 0.717) is 5.69 Å². The molecule has 2 amide bonds. The lowest BCUT2D eigenvalue weighted by atomic mass is 10.2. The number of thioether (sulfide) groups is 1. The molecule has 126 valence electrons. The molecule has 24 heavy (non-hydrogen) atoms. The molecule has 5 nitrogen and oxygen atoms in total. The van der Waals surface area contributed by atoms with E-state index in [9.17, 15) is 14.7 Å². The van der Waals surface area contributed by atoms with Crippen LogP contribution in [0.15, 0.2) is 42.5 Å². The van der Waals surface area contributed by atoms with Crippen molar-refractivity contribution in [3.63, 3.8) is 0 Å². The van der Waals surface area contributed by atoms with Gasteiger partial charge in [0.15, 0.2) is 0 Å². The predicted molar refractivity (Wildman–Crippen MR) is 98.6 cm³/mol. The molecule has 0 aromatic heterocycles. The van der Waals surface area contributed by atoms with Crippen molar-refractivity contribution in [1.82, 2.24) is 0 Å². The lowest BCUT2D eigenvalue weighted by Crippen LogP contribution is -2.18. The van der Waals surface area contributed by atoms with Crippen molar-refractivity contribution in [3.05, 3.63) is 53.6 Å². The van der Waals surface area contributed by atoms with E-state index < -0.39 is 0 Å². The zero-order valence-electron chi connectivity index (χ0n) is 13.6. The Hall–Kier alpha value is -2.47. The first-order valence-corrected chi connectivity index (χ1v) is 8.63. The van der Waals surface area contributed by atoms with Crippen molar-refractivity contribution in [2.24, 2.45) is 0 Å². The van der Waals surface area contributed by atoms with Crippen molar-refractivity contribution < 1.29 is 14.7 Å². The summed E-state index contributed by atoms with van der Waals surface area (Å²) in [5, 5.41) is 15.2. The number of hydrogen-bond donors (Lipinski definition) is 3. The van der Waals surface area contributed by atoms with E-state index >= 15 is 0 Å². The standard InChI is InChI=1S/C18H20N2O3S/c1-12-4-3-5-14(8-12)19-17(22)10-24-11-18(23)20-15-7-6-13(2)9-16(15)21/h3-9,21H,10-11H2,1-2H3,(H,19,22)(H,20,23). The third kappa shape index (κ3) is 5.62. The maximum atomic E-state index is 11.9. The summed E-state index contributed by atoms with van der Waals surface area (Å²) in [5.41, 5.74) is 3.09. The highest BCUT2D eigenvalue weighted by atomic mass is 32.2. The zero-order chi connectivity index (χ0) is 17.5. The largest absolute Gasteiger partial charge is 0.506 e. The molecule has 0 atom stereocenters. The molecule has 0 aliphatic carbocycles. The number of carbonyl (C=O) groups excluding carboxylic acids is 2. The molecule has 3 N–H and O–H groups in total. The van der Waals surface area contributed by atoms with Crippen LogP contribution in [0.25, 0.3) is 0 Å². The summed E-state index contributed by atoms with van der Waals surface area (Å²) < 4.78 is 0. The van der Waals surface area contributed by atoms with Crippen LogP contribution in [0.4, 0.5) is 11.4 Å². The van der Waals surface area contributed by atoms with Crippen molar-refractivity contribution in [2.75, 3.05) is 22.1 Å². The van der Waals surface area contributed by atoms with Crippen LogP contribution in [-0.2, 0) is 9.59 Å². The van der Waals surface area contributed by atoms with Crippen LogP contribution >= 0.6 is 11.8 Å². The van der Waals surface area contributed by atoms with Gasteiger partial charge in [-0.15, -0.1) is 11.8 Å². The number of aromatic hydroxyl groups is 1. The highest BCUT2D eigenvalue weighted by Gasteiger charge is 2.09. The number of phenolic OH excluding ortho intramolecular Hbond substituents is 1. The van der Waals surface area contributed by atoms with Gasteiger partial charge >= 0.3 is 0 Å². The Morgan fingerprint density at radius 2 is 1.62 bits per heavy atom. The molecular weight excluding hydrogens is 324 g/mol. The maximum Gasteiger partial charge on any atom is 0.234 e. The number of benzene rings is 2. The van der Waals surface area contributed by atoms with Crippen LogP contribution in [0.5, 0.6) is 5.75 Å². The summed E-state index contributed by atoms with van der Waals surface area (Å²) in [7, 11) is 0. The number of rotatable bonds is 6.